The molecule has 2 aliphatic rings. The maximum Gasteiger partial charge on any atom is 0.285 e. The van der Waals surface area contributed by atoms with Crippen molar-refractivity contribution in [3.63, 3.8) is 0 Å². The first-order valence-electron chi connectivity index (χ1n) is 12.4. The molecule has 2 heterocycles. The Labute approximate surface area is 230 Å². The van der Waals surface area contributed by atoms with Crippen LogP contribution in [0.2, 0.25) is 0 Å². The van der Waals surface area contributed by atoms with E-state index < -0.39 is 34.1 Å². The molecular formula is C25H36F2N8O5. The molecule has 220 valence electrons. The number of nitrogens with two attached hydrogens (primary N) is 3. The van der Waals surface area contributed by atoms with Crippen LogP contribution in [0.25, 0.3) is 0 Å². The molecule has 2 aliphatic heterocycles. The molecule has 2 amide bonds. The fourth-order valence-electron chi connectivity index (χ4n) is 4.27. The molecule has 2 aromatic carbocycles. The number of carbonyl (C=O) groups excluding carboxylic acids is 2. The monoisotopic (exact) mass is 566 g/mol. The van der Waals surface area contributed by atoms with Gasteiger partial charge in [0.15, 0.2) is 5.82 Å². The predicted octanol–water partition coefficient (Wildman–Crippen LogP) is 0.452. The van der Waals surface area contributed by atoms with Gasteiger partial charge >= 0.3 is 0 Å². The molecule has 2 saturated heterocycles. The minimum Gasteiger partial charge on any atom is -0.400 e. The number of nitrogens with zero attached hydrogens (tertiary/aromatic N) is 5. The van der Waals surface area contributed by atoms with Crippen LogP contribution in [0.1, 0.15) is 20.7 Å². The van der Waals surface area contributed by atoms with Crippen LogP contribution in [0.4, 0.5) is 31.5 Å². The van der Waals surface area contributed by atoms with E-state index in [2.05, 4.69) is 9.80 Å². The first-order chi connectivity index (χ1) is 18.9. The first kappa shape index (κ1) is 32.1. The molecule has 0 saturated carbocycles. The Kier molecular flexibility index (Phi) is 11.5. The summed E-state index contributed by atoms with van der Waals surface area (Å²) in [5.74, 6) is -2.71. The van der Waals surface area contributed by atoms with Crippen molar-refractivity contribution >= 4 is 34.6 Å². The molecule has 40 heavy (non-hydrogen) atoms. The Hall–Kier alpha value is -4.08. The zero-order valence-electron chi connectivity index (χ0n) is 22.8. The van der Waals surface area contributed by atoms with E-state index in [1.807, 2.05) is 19.0 Å². The quantitative estimate of drug-likeness (QED) is 0.225. The van der Waals surface area contributed by atoms with E-state index >= 15 is 0 Å². The summed E-state index contributed by atoms with van der Waals surface area (Å²) < 4.78 is 27.9. The number of carbonyl (C=O) groups is 2. The van der Waals surface area contributed by atoms with Gasteiger partial charge in [0.2, 0.25) is 0 Å². The SMILES string of the molecule is CN1CCN(c2cc(C(N)=O)c(N)cc2F)CC1.CN1CCN(c2cc(C(N)=O)c([N+](=O)[O-])cc2F)CC1.CO. The lowest BCUT2D eigenvalue weighted by Crippen LogP contribution is -2.44. The largest absolute Gasteiger partial charge is 0.400 e. The van der Waals surface area contributed by atoms with Gasteiger partial charge in [-0.3, -0.25) is 19.7 Å². The molecule has 7 N–H and O–H groups in total. The average Bonchev–Trinajstić information content (AvgIpc) is 2.91. The summed E-state index contributed by atoms with van der Waals surface area (Å²) in [5.41, 5.74) is 15.9. The highest BCUT2D eigenvalue weighted by molar-refractivity contribution is 5.99. The molecule has 2 aromatic rings. The van der Waals surface area contributed by atoms with Gasteiger partial charge in [-0.25, -0.2) is 8.78 Å². The third-order valence-corrected chi connectivity index (χ3v) is 6.60. The molecule has 0 spiro atoms. The number of aliphatic hydroxyl groups is 1. The zero-order chi connectivity index (χ0) is 30.1. The number of anilines is 3. The fourth-order valence-corrected chi connectivity index (χ4v) is 4.27. The fraction of sp³-hybridized carbons (Fsp3) is 0.440. The molecule has 4 rings (SSSR count). The van der Waals surface area contributed by atoms with E-state index in [1.54, 1.807) is 4.90 Å². The highest BCUT2D eigenvalue weighted by Crippen LogP contribution is 2.29. The summed E-state index contributed by atoms with van der Waals surface area (Å²) in [7, 11) is 4.98. The summed E-state index contributed by atoms with van der Waals surface area (Å²) in [6.07, 6.45) is 0. The number of hydrogen-bond acceptors (Lipinski definition) is 10. The first-order valence-corrected chi connectivity index (χ1v) is 12.4. The third kappa shape index (κ3) is 7.97. The van der Waals surface area contributed by atoms with E-state index in [0.717, 1.165) is 58.5 Å². The minimum atomic E-state index is -0.938. The molecule has 2 fully saturated rings. The highest BCUT2D eigenvalue weighted by Gasteiger charge is 2.26. The van der Waals surface area contributed by atoms with Crippen molar-refractivity contribution < 1.29 is 28.4 Å². The lowest BCUT2D eigenvalue weighted by atomic mass is 10.1. The van der Waals surface area contributed by atoms with Crippen molar-refractivity contribution in [2.45, 2.75) is 0 Å². The Morgan fingerprint density at radius 1 is 0.775 bits per heavy atom. The van der Waals surface area contributed by atoms with Crippen LogP contribution in [0.3, 0.4) is 0 Å². The van der Waals surface area contributed by atoms with Crippen molar-refractivity contribution in [1.82, 2.24) is 9.80 Å². The number of aliphatic hydroxyl groups excluding tert-OH is 1. The van der Waals surface area contributed by atoms with Crippen LogP contribution in [0.5, 0.6) is 0 Å². The number of benzene rings is 2. The number of nitrogen functional groups attached to an aromatic ring is 1. The second-order valence-corrected chi connectivity index (χ2v) is 9.28. The van der Waals surface area contributed by atoms with Gasteiger partial charge in [-0.15, -0.1) is 0 Å². The summed E-state index contributed by atoms with van der Waals surface area (Å²) >= 11 is 0. The van der Waals surface area contributed by atoms with Gasteiger partial charge in [-0.05, 0) is 32.3 Å². The normalized spacial score (nSPS) is 15.8. The van der Waals surface area contributed by atoms with E-state index in [4.69, 9.17) is 22.3 Å². The minimum absolute atomic E-state index is 0.0814. The molecule has 15 heteroatoms. The summed E-state index contributed by atoms with van der Waals surface area (Å²) in [4.78, 5) is 40.4. The number of likely N-dealkylation sites (N-methyl/N-ethyl adjacent to an activating group) is 2. The third-order valence-electron chi connectivity index (χ3n) is 6.60. The molecule has 0 unspecified atom stereocenters. The van der Waals surface area contributed by atoms with Gasteiger partial charge in [-0.1, -0.05) is 0 Å². The predicted molar refractivity (Wildman–Crippen MR) is 148 cm³/mol. The molecule has 0 radical (unpaired) electrons. The number of amides is 2. The highest BCUT2D eigenvalue weighted by atomic mass is 19.1. The smallest absolute Gasteiger partial charge is 0.285 e. The molecule has 0 aromatic heterocycles. The van der Waals surface area contributed by atoms with Gasteiger partial charge in [0.1, 0.15) is 11.4 Å². The van der Waals surface area contributed by atoms with E-state index in [0.29, 0.717) is 18.8 Å². The lowest BCUT2D eigenvalue weighted by molar-refractivity contribution is -0.385. The standard InChI is InChI=1S/C12H15FN4O3.C12H17FN4O.CH4O/c1-15-2-4-16(5-3-15)11-6-8(12(14)18)10(17(19)20)7-9(11)13;1-16-2-4-17(5-3-16)11-6-8(12(15)18)10(14)7-9(11)13;1-2/h6-7H,2-5H2,1H3,(H2,14,18);6-7H,2-5,14H2,1H3,(H2,15,18);2H,1H3. The number of primary amides is 2. The van der Waals surface area contributed by atoms with Gasteiger partial charge in [0, 0.05) is 65.2 Å². The van der Waals surface area contributed by atoms with Gasteiger partial charge in [0.25, 0.3) is 17.5 Å². The Bertz CT molecular complexity index is 1220. The van der Waals surface area contributed by atoms with Gasteiger partial charge < -0.3 is 41.9 Å². The summed E-state index contributed by atoms with van der Waals surface area (Å²) in [6, 6.07) is 4.53. The zero-order valence-corrected chi connectivity index (χ0v) is 22.8. The van der Waals surface area contributed by atoms with Crippen LogP contribution < -0.4 is 27.0 Å². The number of halogens is 2. The van der Waals surface area contributed by atoms with Crippen LogP contribution >= 0.6 is 0 Å². The number of nitro groups is 1. The topological polar surface area (TPSA) is 189 Å². The van der Waals surface area contributed by atoms with E-state index in [-0.39, 0.29) is 22.5 Å². The molecule has 0 atom stereocenters. The maximum atomic E-state index is 14.0. The van der Waals surface area contributed by atoms with Crippen molar-refractivity contribution in [3.05, 3.63) is 57.1 Å². The Morgan fingerprint density at radius 2 is 1.15 bits per heavy atom. The number of piperazine rings is 2. The van der Waals surface area contributed by atoms with Crippen molar-refractivity contribution in [2.75, 3.05) is 89.1 Å². The second-order valence-electron chi connectivity index (χ2n) is 9.28. The molecule has 0 bridgehead atoms. The van der Waals surface area contributed by atoms with Crippen molar-refractivity contribution in [2.24, 2.45) is 11.5 Å². The summed E-state index contributed by atoms with van der Waals surface area (Å²) in [5, 5.41) is 17.8. The van der Waals surface area contributed by atoms with Crippen molar-refractivity contribution in [3.8, 4) is 0 Å². The van der Waals surface area contributed by atoms with Crippen molar-refractivity contribution in [1.29, 1.82) is 0 Å². The van der Waals surface area contributed by atoms with E-state index in [1.165, 1.54) is 12.1 Å². The number of hydrogen-bond donors (Lipinski definition) is 4. The van der Waals surface area contributed by atoms with Crippen LogP contribution in [-0.2, 0) is 0 Å². The molecule has 13 nitrogen and oxygen atoms in total. The van der Waals surface area contributed by atoms with E-state index in [9.17, 15) is 28.5 Å². The molecule has 0 aliphatic carbocycles. The van der Waals surface area contributed by atoms with Crippen LogP contribution in [-0.4, -0.2) is 105 Å². The number of rotatable bonds is 5. The molecular weight excluding hydrogens is 530 g/mol. The summed E-state index contributed by atoms with van der Waals surface area (Å²) in [6.45, 7) is 5.83. The lowest BCUT2D eigenvalue weighted by Gasteiger charge is -2.34. The van der Waals surface area contributed by atoms with Crippen LogP contribution in [0.15, 0.2) is 24.3 Å². The van der Waals surface area contributed by atoms with Gasteiger partial charge in [-0.2, -0.15) is 0 Å². The Morgan fingerprint density at radius 3 is 1.52 bits per heavy atom. The Balaban J connectivity index is 0.000000265. The average molecular weight is 567 g/mol. The van der Waals surface area contributed by atoms with Crippen LogP contribution in [0, 0.1) is 21.7 Å². The van der Waals surface area contributed by atoms with Gasteiger partial charge in [0.05, 0.1) is 27.9 Å². The number of nitro benzene ring substituents is 1. The second kappa shape index (κ2) is 14.3. The maximum absolute atomic E-state index is 14.0.